The van der Waals surface area contributed by atoms with Crippen molar-refractivity contribution in [2.75, 3.05) is 19.6 Å². The Morgan fingerprint density at radius 3 is 2.33 bits per heavy atom. The Hall–Kier alpha value is -1.14. The van der Waals surface area contributed by atoms with Gasteiger partial charge in [-0.1, -0.05) is 0 Å². The summed E-state index contributed by atoms with van der Waals surface area (Å²) in [6.07, 6.45) is 3.79. The Morgan fingerprint density at radius 1 is 1.19 bits per heavy atom. The van der Waals surface area contributed by atoms with Crippen LogP contribution >= 0.6 is 0 Å². The van der Waals surface area contributed by atoms with E-state index in [1.165, 1.54) is 0 Å². The molecule has 120 valence electrons. The van der Waals surface area contributed by atoms with Gasteiger partial charge in [-0.2, -0.15) is 0 Å². The molecule has 2 aliphatic rings. The maximum Gasteiger partial charge on any atom is 0.320 e. The van der Waals surface area contributed by atoms with E-state index in [1.54, 1.807) is 0 Å². The zero-order valence-electron chi connectivity index (χ0n) is 13.0. The number of piperidine rings is 1. The van der Waals surface area contributed by atoms with E-state index in [4.69, 9.17) is 5.73 Å². The van der Waals surface area contributed by atoms with Crippen LogP contribution in [0.3, 0.4) is 0 Å². The summed E-state index contributed by atoms with van der Waals surface area (Å²) in [6.45, 7) is 6.01. The number of rotatable bonds is 4. The second-order valence-corrected chi connectivity index (χ2v) is 7.01. The highest BCUT2D eigenvalue weighted by Crippen LogP contribution is 2.26. The number of hydrogen-bond donors (Lipinski definition) is 2. The van der Waals surface area contributed by atoms with E-state index in [-0.39, 0.29) is 11.9 Å². The van der Waals surface area contributed by atoms with E-state index in [9.17, 15) is 14.7 Å². The lowest BCUT2D eigenvalue weighted by Gasteiger charge is -2.39. The monoisotopic (exact) mass is 297 g/mol. The molecule has 2 saturated heterocycles. The van der Waals surface area contributed by atoms with Crippen LogP contribution in [0, 0.1) is 0 Å². The smallest absolute Gasteiger partial charge is 0.320 e. The number of amides is 1. The average molecular weight is 297 g/mol. The van der Waals surface area contributed by atoms with E-state index in [0.717, 1.165) is 32.2 Å². The summed E-state index contributed by atoms with van der Waals surface area (Å²) in [5.74, 6) is -0.604. The molecule has 0 aromatic heterocycles. The van der Waals surface area contributed by atoms with Gasteiger partial charge in [-0.25, -0.2) is 0 Å². The molecular weight excluding hydrogens is 270 g/mol. The van der Waals surface area contributed by atoms with Crippen molar-refractivity contribution < 1.29 is 14.7 Å². The molecule has 0 bridgehead atoms. The molecule has 1 amide bonds. The average Bonchev–Trinajstić information content (AvgIpc) is 2.86. The van der Waals surface area contributed by atoms with Gasteiger partial charge in [0, 0.05) is 31.1 Å². The largest absolute Gasteiger partial charge is 0.480 e. The van der Waals surface area contributed by atoms with Crippen molar-refractivity contribution in [3.05, 3.63) is 0 Å². The minimum absolute atomic E-state index is 0.108. The topological polar surface area (TPSA) is 86.9 Å². The van der Waals surface area contributed by atoms with Crippen molar-refractivity contribution in [3.8, 4) is 0 Å². The normalized spacial score (nSPS) is 25.3. The summed E-state index contributed by atoms with van der Waals surface area (Å²) in [6, 6.07) is -0.0382. The fourth-order valence-corrected chi connectivity index (χ4v) is 3.44. The van der Waals surface area contributed by atoms with Crippen LogP contribution in [0.25, 0.3) is 0 Å². The SMILES string of the molecule is CC(C)(N)CC(=O)N1CCC(N2CCCC2C(=O)O)CC1. The van der Waals surface area contributed by atoms with E-state index in [1.807, 2.05) is 18.7 Å². The first-order valence-electron chi connectivity index (χ1n) is 7.83. The zero-order chi connectivity index (χ0) is 15.6. The molecule has 0 spiro atoms. The number of carbonyl (C=O) groups is 2. The molecular formula is C15H27N3O3. The molecule has 0 aromatic carbocycles. The number of carbonyl (C=O) groups excluding carboxylic acids is 1. The van der Waals surface area contributed by atoms with Gasteiger partial charge in [-0.05, 0) is 46.1 Å². The summed E-state index contributed by atoms with van der Waals surface area (Å²) in [7, 11) is 0. The van der Waals surface area contributed by atoms with Crippen molar-refractivity contribution in [3.63, 3.8) is 0 Å². The van der Waals surface area contributed by atoms with Crippen molar-refractivity contribution in [2.45, 2.75) is 63.6 Å². The maximum absolute atomic E-state index is 12.2. The van der Waals surface area contributed by atoms with Crippen LogP contribution in [0.1, 0.15) is 46.0 Å². The van der Waals surface area contributed by atoms with Crippen molar-refractivity contribution >= 4 is 11.9 Å². The van der Waals surface area contributed by atoms with Gasteiger partial charge in [-0.15, -0.1) is 0 Å². The van der Waals surface area contributed by atoms with Crippen molar-refractivity contribution in [1.82, 2.24) is 9.80 Å². The molecule has 2 fully saturated rings. The minimum atomic E-state index is -0.712. The molecule has 2 rings (SSSR count). The Labute approximate surface area is 126 Å². The molecule has 21 heavy (non-hydrogen) atoms. The first-order valence-corrected chi connectivity index (χ1v) is 7.83. The third-order valence-corrected chi connectivity index (χ3v) is 4.47. The highest BCUT2D eigenvalue weighted by atomic mass is 16.4. The van der Waals surface area contributed by atoms with Gasteiger partial charge < -0.3 is 15.7 Å². The molecule has 0 saturated carbocycles. The van der Waals surface area contributed by atoms with Crippen LogP contribution in [-0.4, -0.2) is 64.0 Å². The number of hydrogen-bond acceptors (Lipinski definition) is 4. The van der Waals surface area contributed by atoms with E-state index < -0.39 is 11.5 Å². The van der Waals surface area contributed by atoms with Gasteiger partial charge in [-0.3, -0.25) is 14.5 Å². The summed E-state index contributed by atoms with van der Waals surface area (Å²) < 4.78 is 0. The molecule has 2 aliphatic heterocycles. The summed E-state index contributed by atoms with van der Waals surface area (Å²) >= 11 is 0. The van der Waals surface area contributed by atoms with Crippen LogP contribution in [-0.2, 0) is 9.59 Å². The Balaban J connectivity index is 1.86. The molecule has 3 N–H and O–H groups in total. The number of aliphatic carboxylic acids is 1. The molecule has 6 nitrogen and oxygen atoms in total. The number of carboxylic acid groups (broad SMARTS) is 1. The van der Waals surface area contributed by atoms with Crippen molar-refractivity contribution in [2.24, 2.45) is 5.73 Å². The molecule has 1 atom stereocenters. The van der Waals surface area contributed by atoms with Gasteiger partial charge >= 0.3 is 5.97 Å². The number of carboxylic acids is 1. The molecule has 6 heteroatoms. The molecule has 0 aromatic rings. The highest BCUT2D eigenvalue weighted by Gasteiger charge is 2.37. The lowest BCUT2D eigenvalue weighted by molar-refractivity contribution is -0.144. The van der Waals surface area contributed by atoms with Gasteiger partial charge in [0.25, 0.3) is 0 Å². The third kappa shape index (κ3) is 4.17. The first kappa shape index (κ1) is 16.2. The van der Waals surface area contributed by atoms with Crippen LogP contribution in [0.4, 0.5) is 0 Å². The number of nitrogens with two attached hydrogens (primary N) is 1. The van der Waals surface area contributed by atoms with Crippen LogP contribution in [0.2, 0.25) is 0 Å². The third-order valence-electron chi connectivity index (χ3n) is 4.47. The molecule has 0 aliphatic carbocycles. The standard InChI is InChI=1S/C15H27N3O3/c1-15(2,16)10-13(19)17-8-5-11(6-9-17)18-7-3-4-12(18)14(20)21/h11-12H,3-10,16H2,1-2H3,(H,20,21). The van der Waals surface area contributed by atoms with Crippen LogP contribution < -0.4 is 5.73 Å². The van der Waals surface area contributed by atoms with Gasteiger partial charge in [0.15, 0.2) is 0 Å². The lowest BCUT2D eigenvalue weighted by Crippen LogP contribution is -2.51. The first-order chi connectivity index (χ1) is 9.78. The molecule has 2 heterocycles. The van der Waals surface area contributed by atoms with Gasteiger partial charge in [0.05, 0.1) is 0 Å². The predicted octanol–water partition coefficient (Wildman–Crippen LogP) is 0.654. The minimum Gasteiger partial charge on any atom is -0.480 e. The summed E-state index contributed by atoms with van der Waals surface area (Å²) in [5, 5.41) is 9.26. The lowest BCUT2D eigenvalue weighted by atomic mass is 9.98. The molecule has 0 radical (unpaired) electrons. The van der Waals surface area contributed by atoms with Crippen molar-refractivity contribution in [1.29, 1.82) is 0 Å². The number of nitrogens with zero attached hydrogens (tertiary/aromatic N) is 2. The maximum atomic E-state index is 12.2. The summed E-state index contributed by atoms with van der Waals surface area (Å²) in [4.78, 5) is 27.4. The van der Waals surface area contributed by atoms with E-state index >= 15 is 0 Å². The summed E-state index contributed by atoms with van der Waals surface area (Å²) in [5.41, 5.74) is 5.43. The molecule has 1 unspecified atom stereocenters. The number of likely N-dealkylation sites (tertiary alicyclic amines) is 2. The van der Waals surface area contributed by atoms with Crippen LogP contribution in [0.5, 0.6) is 0 Å². The Kier molecular flexibility index (Phi) is 4.88. The van der Waals surface area contributed by atoms with Gasteiger partial charge in [0.2, 0.25) is 5.91 Å². The van der Waals surface area contributed by atoms with E-state index in [0.29, 0.717) is 25.6 Å². The predicted molar refractivity (Wildman–Crippen MR) is 79.8 cm³/mol. The second kappa shape index (κ2) is 6.32. The zero-order valence-corrected chi connectivity index (χ0v) is 13.0. The van der Waals surface area contributed by atoms with E-state index in [2.05, 4.69) is 4.90 Å². The van der Waals surface area contributed by atoms with Gasteiger partial charge in [0.1, 0.15) is 6.04 Å². The second-order valence-electron chi connectivity index (χ2n) is 7.01. The quantitative estimate of drug-likeness (QED) is 0.796. The highest BCUT2D eigenvalue weighted by molar-refractivity contribution is 5.77. The fourth-order valence-electron chi connectivity index (χ4n) is 3.44. The Bertz CT molecular complexity index is 397. The fraction of sp³-hybridized carbons (Fsp3) is 0.867. The Morgan fingerprint density at radius 2 is 1.81 bits per heavy atom. The van der Waals surface area contributed by atoms with Crippen LogP contribution in [0.15, 0.2) is 0 Å².